The molecule has 0 spiro atoms. The number of nitrogens with zero attached hydrogens (tertiary/aromatic N) is 1. The van der Waals surface area contributed by atoms with Crippen LogP contribution in [0, 0.1) is 0 Å². The quantitative estimate of drug-likeness (QED) is 0.604. The van der Waals surface area contributed by atoms with Crippen molar-refractivity contribution in [3.8, 4) is 5.75 Å². The van der Waals surface area contributed by atoms with Crippen LogP contribution in [0.2, 0.25) is 10.0 Å². The molecule has 0 aliphatic carbocycles. The molecule has 0 saturated carbocycles. The van der Waals surface area contributed by atoms with Crippen molar-refractivity contribution in [2.75, 3.05) is 13.2 Å². The van der Waals surface area contributed by atoms with Crippen LogP contribution in [0.15, 0.2) is 36.9 Å². The molecule has 2 aromatic rings. The van der Waals surface area contributed by atoms with Crippen molar-refractivity contribution >= 4 is 29.1 Å². The maximum atomic E-state index is 11.6. The minimum absolute atomic E-state index is 0.0708. The highest BCUT2D eigenvalue weighted by molar-refractivity contribution is 6.35. The molecule has 0 atom stereocenters. The lowest BCUT2D eigenvalue weighted by molar-refractivity contribution is -0.695. The maximum Gasteiger partial charge on any atom is 0.257 e. The highest BCUT2D eigenvalue weighted by Gasteiger charge is 2.06. The molecule has 0 aliphatic rings. The van der Waals surface area contributed by atoms with Crippen LogP contribution in [0.5, 0.6) is 5.75 Å². The molecule has 0 radical (unpaired) electrons. The van der Waals surface area contributed by atoms with Crippen LogP contribution in [-0.4, -0.2) is 24.0 Å². The summed E-state index contributed by atoms with van der Waals surface area (Å²) in [6.07, 6.45) is 6.50. The van der Waals surface area contributed by atoms with Crippen LogP contribution >= 0.6 is 23.2 Å². The van der Waals surface area contributed by atoms with Gasteiger partial charge in [0, 0.05) is 18.0 Å². The first-order valence-corrected chi connectivity index (χ1v) is 7.27. The molecular weight excluding hydrogens is 313 g/mol. The second kappa shape index (κ2) is 7.90. The molecule has 2 N–H and O–H groups in total. The van der Waals surface area contributed by atoms with E-state index in [1.54, 1.807) is 18.2 Å². The number of aryl methyl sites for hydroxylation is 1. The van der Waals surface area contributed by atoms with Crippen molar-refractivity contribution in [2.24, 2.45) is 0 Å². The Bertz CT molecular complexity index is 588. The topological polar surface area (TPSA) is 58.0 Å². The first-order chi connectivity index (χ1) is 10.1. The summed E-state index contributed by atoms with van der Waals surface area (Å²) >= 11 is 11.7. The van der Waals surface area contributed by atoms with E-state index in [0.29, 0.717) is 22.3 Å². The molecule has 1 aromatic carbocycles. The number of hydrogen-bond donors (Lipinski definition) is 2. The van der Waals surface area contributed by atoms with E-state index < -0.39 is 0 Å². The summed E-state index contributed by atoms with van der Waals surface area (Å²) in [6, 6.07) is 4.87. The number of rotatable bonds is 7. The predicted octanol–water partition coefficient (Wildman–Crippen LogP) is 2.19. The van der Waals surface area contributed by atoms with Gasteiger partial charge in [-0.05, 0) is 18.2 Å². The van der Waals surface area contributed by atoms with Gasteiger partial charge in [-0.2, -0.15) is 0 Å². The molecular formula is C14H16Cl2N3O2+. The SMILES string of the molecule is O=C(COc1ccc(Cl)cc1Cl)NCCC[n+]1cc[nH]c1. The highest BCUT2D eigenvalue weighted by Crippen LogP contribution is 2.27. The second-order valence-electron chi connectivity index (χ2n) is 4.42. The lowest BCUT2D eigenvalue weighted by atomic mass is 10.3. The Morgan fingerprint density at radius 2 is 2.24 bits per heavy atom. The zero-order chi connectivity index (χ0) is 15.1. The van der Waals surface area contributed by atoms with Crippen LogP contribution in [-0.2, 0) is 11.3 Å². The standard InChI is InChI=1S/C14H15Cl2N3O2/c15-11-2-3-13(12(16)8-11)21-9-14(20)18-4-1-6-19-7-5-17-10-19/h2-3,5,7-8,10H,1,4,6,9H2,(H,18,20)/p+1. The minimum Gasteiger partial charge on any atom is -0.482 e. The number of benzene rings is 1. The van der Waals surface area contributed by atoms with E-state index >= 15 is 0 Å². The maximum absolute atomic E-state index is 11.6. The Morgan fingerprint density at radius 3 is 2.95 bits per heavy atom. The van der Waals surface area contributed by atoms with Gasteiger partial charge in [0.2, 0.25) is 6.33 Å². The lowest BCUT2D eigenvalue weighted by Gasteiger charge is -2.08. The second-order valence-corrected chi connectivity index (χ2v) is 5.26. The van der Waals surface area contributed by atoms with Gasteiger partial charge in [-0.1, -0.05) is 23.2 Å². The average molecular weight is 329 g/mol. The van der Waals surface area contributed by atoms with Gasteiger partial charge in [0.15, 0.2) is 6.61 Å². The van der Waals surface area contributed by atoms with Gasteiger partial charge in [0.05, 0.1) is 11.6 Å². The smallest absolute Gasteiger partial charge is 0.257 e. The van der Waals surface area contributed by atoms with Gasteiger partial charge in [-0.3, -0.25) is 9.78 Å². The number of hydrogen-bond acceptors (Lipinski definition) is 2. The molecule has 0 saturated heterocycles. The summed E-state index contributed by atoms with van der Waals surface area (Å²) in [7, 11) is 0. The van der Waals surface area contributed by atoms with Gasteiger partial charge < -0.3 is 10.1 Å². The molecule has 5 nitrogen and oxygen atoms in total. The molecule has 1 heterocycles. The molecule has 1 aromatic heterocycles. The molecule has 21 heavy (non-hydrogen) atoms. The molecule has 0 aliphatic heterocycles. The first kappa shape index (κ1) is 15.7. The van der Waals surface area contributed by atoms with Crippen LogP contribution in [0.3, 0.4) is 0 Å². The molecule has 1 amide bonds. The first-order valence-electron chi connectivity index (χ1n) is 6.51. The molecule has 2 rings (SSSR count). The number of H-pyrrole nitrogens is 1. The van der Waals surface area contributed by atoms with Crippen molar-refractivity contribution in [1.82, 2.24) is 10.3 Å². The number of nitrogens with one attached hydrogen (secondary N) is 2. The minimum atomic E-state index is -0.180. The molecule has 0 bridgehead atoms. The molecule has 112 valence electrons. The largest absolute Gasteiger partial charge is 0.482 e. The van der Waals surface area contributed by atoms with Crippen molar-refractivity contribution in [3.63, 3.8) is 0 Å². The van der Waals surface area contributed by atoms with Gasteiger partial charge >= 0.3 is 0 Å². The third kappa shape index (κ3) is 5.28. The van der Waals surface area contributed by atoms with Gasteiger partial charge in [-0.15, -0.1) is 0 Å². The van der Waals surface area contributed by atoms with Gasteiger partial charge in [0.25, 0.3) is 5.91 Å². The Labute approximate surface area is 132 Å². The van der Waals surface area contributed by atoms with Crippen molar-refractivity contribution in [3.05, 3.63) is 47.0 Å². The number of halogens is 2. The highest BCUT2D eigenvalue weighted by atomic mass is 35.5. The van der Waals surface area contributed by atoms with Crippen LogP contribution in [0.4, 0.5) is 0 Å². The van der Waals surface area contributed by atoms with Crippen LogP contribution in [0.1, 0.15) is 6.42 Å². The van der Waals surface area contributed by atoms with Crippen molar-refractivity contribution in [2.45, 2.75) is 13.0 Å². The van der Waals surface area contributed by atoms with Crippen LogP contribution < -0.4 is 14.6 Å². The number of aromatic amines is 1. The number of imidazole rings is 1. The summed E-state index contributed by atoms with van der Waals surface area (Å²) in [4.78, 5) is 14.6. The van der Waals surface area contributed by atoms with E-state index in [1.165, 1.54) is 0 Å². The van der Waals surface area contributed by atoms with Crippen LogP contribution in [0.25, 0.3) is 0 Å². The fourth-order valence-corrected chi connectivity index (χ4v) is 2.20. The van der Waals surface area contributed by atoms with E-state index in [1.807, 2.05) is 23.3 Å². The van der Waals surface area contributed by atoms with E-state index in [9.17, 15) is 4.79 Å². The third-order valence-electron chi connectivity index (χ3n) is 2.77. The number of amides is 1. The molecule has 0 unspecified atom stereocenters. The number of carbonyl (C=O) groups is 1. The summed E-state index contributed by atoms with van der Waals surface area (Å²) in [5, 5.41) is 3.70. The Hall–Kier alpha value is -1.72. The van der Waals surface area contributed by atoms with E-state index in [-0.39, 0.29) is 12.5 Å². The number of carbonyl (C=O) groups excluding carboxylic acids is 1. The zero-order valence-electron chi connectivity index (χ0n) is 11.3. The average Bonchev–Trinajstić information content (AvgIpc) is 2.96. The summed E-state index contributed by atoms with van der Waals surface area (Å²) in [5.74, 6) is 0.263. The van der Waals surface area contributed by atoms with E-state index in [4.69, 9.17) is 27.9 Å². The fraction of sp³-hybridized carbons (Fsp3) is 0.286. The van der Waals surface area contributed by atoms with Crippen molar-refractivity contribution in [1.29, 1.82) is 0 Å². The predicted molar refractivity (Wildman–Crippen MR) is 80.6 cm³/mol. The zero-order valence-corrected chi connectivity index (χ0v) is 12.8. The Morgan fingerprint density at radius 1 is 1.38 bits per heavy atom. The van der Waals surface area contributed by atoms with Gasteiger partial charge in [-0.25, -0.2) is 4.57 Å². The normalized spacial score (nSPS) is 10.4. The third-order valence-corrected chi connectivity index (χ3v) is 3.30. The number of aromatic nitrogens is 2. The monoisotopic (exact) mass is 328 g/mol. The number of ether oxygens (including phenoxy) is 1. The Kier molecular flexibility index (Phi) is 5.90. The fourth-order valence-electron chi connectivity index (χ4n) is 1.74. The van der Waals surface area contributed by atoms with E-state index in [2.05, 4.69) is 10.3 Å². The molecule has 7 heteroatoms. The summed E-state index contributed by atoms with van der Waals surface area (Å²) in [5.41, 5.74) is 0. The lowest BCUT2D eigenvalue weighted by Crippen LogP contribution is -2.35. The summed E-state index contributed by atoms with van der Waals surface area (Å²) in [6.45, 7) is 1.36. The Balaban J connectivity index is 1.65. The summed E-state index contributed by atoms with van der Waals surface area (Å²) < 4.78 is 7.35. The van der Waals surface area contributed by atoms with E-state index in [0.717, 1.165) is 13.0 Å². The molecule has 0 fully saturated rings. The van der Waals surface area contributed by atoms with Gasteiger partial charge in [0.1, 0.15) is 18.1 Å². The van der Waals surface area contributed by atoms with Crippen molar-refractivity contribution < 1.29 is 14.1 Å².